The van der Waals surface area contributed by atoms with Gasteiger partial charge in [0.25, 0.3) is 0 Å². The van der Waals surface area contributed by atoms with Gasteiger partial charge in [0.2, 0.25) is 53.4 Å². The van der Waals surface area contributed by atoms with Crippen LogP contribution in [0.4, 0.5) is 0 Å². The summed E-state index contributed by atoms with van der Waals surface area (Å²) in [5.41, 5.74) is 8.00. The van der Waals surface area contributed by atoms with Gasteiger partial charge in [-0.15, -0.1) is 0 Å². The Morgan fingerprint density at radius 3 is 1.90 bits per heavy atom. The number of aromatic hydroxyl groups is 3. The predicted octanol–water partition coefficient (Wildman–Crippen LogP) is 0.106. The maximum atomic E-state index is 16.0. The van der Waals surface area contributed by atoms with Crippen molar-refractivity contribution >= 4 is 70.5 Å². The number of rotatable bonds is 13. The second-order valence-electron chi connectivity index (χ2n) is 25.7. The van der Waals surface area contributed by atoms with Crippen molar-refractivity contribution in [3.05, 3.63) is 117 Å². The number of fused-ring (bicyclic) bond motifs is 15. The highest BCUT2D eigenvalue weighted by atomic mass is 35.5. The number of nitrogens with two attached hydrogens (primary N) is 2. The standard InChI is InChI=1S/C66H75Cl2N9O24/c1-23(2)12-34(71-5)58(88)76-49-51(83)26-7-10-38(32(67)14-26)97-40-16-28-17-41(55(40)101-65-56(54(86)53(85)42(22-78)99-65)100-44-21-66(4,70)57(87)24(3)96-44)98-39-11-8-27(15-33(39)68)52(84)50-63(93)75-48(64(94)95)31-18-29(79)19-37(81)45(31)30-13-25(6-9-36(30)80)46(60(90)77-50)74-61(91)47(28)73-59(89)35(20-43(69)82)72-62(49)92/h6-11,13-19,23-24,34-35,42,44,46-54,56-57,65,71,78-81,83-87H,12,20-22,70H2,1-5H3,(H2,69,82)(H,72,92)(H,73,89)(H,74,91)(H,75,93)(H,76,88)(H,77,90)(H,94,95)/t24-,34+,35+,42+,44-,46-,47+,48-,49+,50-,51+,52+,53+,54-,56+,57+,65-,66-/m0/s1. The fraction of sp³-hybridized carbons (Fsp3) is 0.424. The molecule has 35 heteroatoms. The van der Waals surface area contributed by atoms with Gasteiger partial charge >= 0.3 is 5.97 Å². The van der Waals surface area contributed by atoms with E-state index in [9.17, 15) is 75.0 Å². The number of carboxylic acid groups (broad SMARTS) is 1. The quantitative estimate of drug-likeness (QED) is 0.0743. The molecule has 11 bridgehead atoms. The summed E-state index contributed by atoms with van der Waals surface area (Å²) in [6.07, 6.45) is -18.6. The van der Waals surface area contributed by atoms with Gasteiger partial charge < -0.3 is 128 Å². The third kappa shape index (κ3) is 15.8. The predicted molar refractivity (Wildman–Crippen MR) is 349 cm³/mol. The first-order valence-electron chi connectivity index (χ1n) is 31.6. The third-order valence-electron chi connectivity index (χ3n) is 17.8. The molecule has 0 radical (unpaired) electrons. The minimum absolute atomic E-state index is 0.0975. The number of carbonyl (C=O) groups excluding carboxylic acids is 7. The van der Waals surface area contributed by atoms with Gasteiger partial charge in [0.05, 0.1) is 41.3 Å². The van der Waals surface area contributed by atoms with Gasteiger partial charge in [0.15, 0.2) is 29.9 Å². The molecule has 0 saturated carbocycles. The molecule has 7 aliphatic heterocycles. The first-order chi connectivity index (χ1) is 47.7. The molecule has 0 aliphatic carbocycles. The number of phenols is 3. The maximum absolute atomic E-state index is 16.0. The van der Waals surface area contributed by atoms with Crippen LogP contribution in [-0.4, -0.2) is 191 Å². The summed E-state index contributed by atoms with van der Waals surface area (Å²) in [7, 11) is 1.47. The van der Waals surface area contributed by atoms with Crippen molar-refractivity contribution in [1.29, 1.82) is 0 Å². The number of ether oxygens (including phenoxy) is 6. The molecule has 12 rings (SSSR count). The second kappa shape index (κ2) is 30.2. The van der Waals surface area contributed by atoms with E-state index in [1.165, 1.54) is 33.0 Å². The number of hydrogen-bond acceptors (Lipinski definition) is 25. The molecule has 7 aliphatic rings. The SMILES string of the molecule is CN[C@H](CC(C)C)C(=O)N[C@H]1C(=O)N[C@H](CC(N)=O)C(=O)N[C@H]2C(=O)N[C@@H]3C(=O)N[C@H](C(=O)N[C@H](C(=O)O)c4cc(O)cc(O)c4-c4cc3ccc4O)[C@H](O)c3ccc(c(Cl)c3)Oc3cc2cc(c3O[C@@H]2O[C@H](CO)[C@@H](O)[C@H](O)[C@H]2O[C@H]2C[C@](C)(N)[C@H](O)[C@H](C)O2)Oc2ccc(cc2Cl)[C@H]1O. The molecule has 5 aromatic rings. The summed E-state index contributed by atoms with van der Waals surface area (Å²) in [5, 5.41) is 131. The van der Waals surface area contributed by atoms with E-state index >= 15 is 14.4 Å². The number of aliphatic hydroxyl groups excluding tert-OH is 6. The highest BCUT2D eigenvalue weighted by Crippen LogP contribution is 2.50. The number of benzene rings is 5. The Kier molecular flexibility index (Phi) is 22.2. The van der Waals surface area contributed by atoms with Crippen molar-refractivity contribution in [3.63, 3.8) is 0 Å². The number of hydrogen-bond donors (Lipinski definition) is 19. The molecule has 542 valence electrons. The summed E-state index contributed by atoms with van der Waals surface area (Å²) in [6.45, 7) is 5.66. The normalized spacial score (nSPS) is 29.4. The highest BCUT2D eigenvalue weighted by molar-refractivity contribution is 6.32. The summed E-state index contributed by atoms with van der Waals surface area (Å²) >= 11 is 14.1. The lowest BCUT2D eigenvalue weighted by atomic mass is 9.86. The highest BCUT2D eigenvalue weighted by Gasteiger charge is 2.51. The van der Waals surface area contributed by atoms with Crippen molar-refractivity contribution in [2.45, 2.75) is 156 Å². The van der Waals surface area contributed by atoms with E-state index in [1.807, 2.05) is 13.8 Å². The van der Waals surface area contributed by atoms with Crippen LogP contribution in [-0.2, 0) is 52.6 Å². The van der Waals surface area contributed by atoms with Gasteiger partial charge in [0, 0.05) is 34.7 Å². The largest absolute Gasteiger partial charge is 0.508 e. The molecular formula is C66H75Cl2N9O24. The molecule has 7 amide bonds. The number of likely N-dealkylation sites (N-methyl/N-ethyl adjacent to an activating group) is 1. The number of carboxylic acids is 1. The lowest BCUT2D eigenvalue weighted by Gasteiger charge is -2.47. The van der Waals surface area contributed by atoms with E-state index in [4.69, 9.17) is 63.1 Å². The Balaban J connectivity index is 1.24. The molecule has 18 atom stereocenters. The van der Waals surface area contributed by atoms with Gasteiger partial charge in [-0.05, 0) is 110 Å². The molecular weight excluding hydrogens is 1370 g/mol. The average molecular weight is 1450 g/mol. The molecule has 7 heterocycles. The first kappa shape index (κ1) is 74.5. The Morgan fingerprint density at radius 2 is 1.32 bits per heavy atom. The first-order valence-corrected chi connectivity index (χ1v) is 32.4. The number of amides is 7. The Bertz CT molecular complexity index is 4070. The molecule has 0 spiro atoms. The summed E-state index contributed by atoms with van der Waals surface area (Å²) < 4.78 is 38.3. The monoisotopic (exact) mass is 1450 g/mol. The smallest absolute Gasteiger partial charge is 0.330 e. The zero-order valence-electron chi connectivity index (χ0n) is 54.3. The van der Waals surface area contributed by atoms with E-state index < -0.39 is 237 Å². The molecule has 21 N–H and O–H groups in total. The van der Waals surface area contributed by atoms with E-state index in [2.05, 4.69) is 37.2 Å². The lowest BCUT2D eigenvalue weighted by Crippen LogP contribution is -2.64. The van der Waals surface area contributed by atoms with Crippen molar-refractivity contribution in [2.75, 3.05) is 13.7 Å². The molecule has 5 aromatic carbocycles. The fourth-order valence-corrected chi connectivity index (χ4v) is 12.9. The molecule has 33 nitrogen and oxygen atoms in total. The molecule has 2 saturated heterocycles. The molecule has 0 unspecified atom stereocenters. The van der Waals surface area contributed by atoms with Crippen LogP contribution in [0.15, 0.2) is 78.9 Å². The average Bonchev–Trinajstić information content (AvgIpc) is 0.775. The van der Waals surface area contributed by atoms with Crippen molar-refractivity contribution in [1.82, 2.24) is 37.2 Å². The maximum Gasteiger partial charge on any atom is 0.330 e. The van der Waals surface area contributed by atoms with Crippen LogP contribution in [0.25, 0.3) is 11.1 Å². The zero-order chi connectivity index (χ0) is 73.5. The van der Waals surface area contributed by atoms with Gasteiger partial charge in [-0.3, -0.25) is 33.6 Å². The Hall–Kier alpha value is -9.20. The van der Waals surface area contributed by atoms with Gasteiger partial charge in [0.1, 0.15) is 89.5 Å². The van der Waals surface area contributed by atoms with Crippen LogP contribution in [0.2, 0.25) is 10.0 Å². The molecule has 101 heavy (non-hydrogen) atoms. The van der Waals surface area contributed by atoms with E-state index in [1.54, 1.807) is 0 Å². The van der Waals surface area contributed by atoms with E-state index in [0.717, 1.165) is 66.7 Å². The van der Waals surface area contributed by atoms with Gasteiger partial charge in [-0.25, -0.2) is 4.79 Å². The summed E-state index contributed by atoms with van der Waals surface area (Å²) in [4.78, 5) is 117. The second-order valence-corrected chi connectivity index (χ2v) is 26.5. The Morgan fingerprint density at radius 1 is 0.713 bits per heavy atom. The van der Waals surface area contributed by atoms with E-state index in [0.29, 0.717) is 0 Å². The number of aliphatic carboxylic acids is 1. The number of halogens is 2. The topological polar surface area (TPSA) is 530 Å². The lowest BCUT2D eigenvalue weighted by molar-refractivity contribution is -0.333. The summed E-state index contributed by atoms with van der Waals surface area (Å²) in [6, 6.07) is -0.679. The number of aliphatic hydroxyl groups is 6. The van der Waals surface area contributed by atoms with Gasteiger partial charge in [-0.1, -0.05) is 55.2 Å². The minimum Gasteiger partial charge on any atom is -0.508 e. The van der Waals surface area contributed by atoms with Crippen LogP contribution >= 0.6 is 23.2 Å². The van der Waals surface area contributed by atoms with Crippen LogP contribution < -0.4 is 62.9 Å². The van der Waals surface area contributed by atoms with E-state index in [-0.39, 0.29) is 46.2 Å². The van der Waals surface area contributed by atoms with Crippen LogP contribution in [0, 0.1) is 5.92 Å². The van der Waals surface area contributed by atoms with Crippen molar-refractivity contribution in [2.24, 2.45) is 17.4 Å². The number of nitrogens with one attached hydrogen (secondary N) is 7. The zero-order valence-corrected chi connectivity index (χ0v) is 55.8. The van der Waals surface area contributed by atoms with Crippen molar-refractivity contribution < 1.29 is 118 Å². The Labute approximate surface area is 584 Å². The number of primary amides is 1. The third-order valence-corrected chi connectivity index (χ3v) is 18.4. The summed E-state index contributed by atoms with van der Waals surface area (Å²) in [5.74, 6) is -16.0. The van der Waals surface area contributed by atoms with Crippen LogP contribution in [0.5, 0.6) is 46.0 Å². The van der Waals surface area contributed by atoms with Crippen LogP contribution in [0.3, 0.4) is 0 Å². The van der Waals surface area contributed by atoms with Crippen LogP contribution in [0.1, 0.15) is 105 Å². The van der Waals surface area contributed by atoms with Crippen molar-refractivity contribution in [3.8, 4) is 57.1 Å². The van der Waals surface area contributed by atoms with Gasteiger partial charge in [-0.2, -0.15) is 0 Å². The molecule has 0 aromatic heterocycles. The molecule has 2 fully saturated rings. The number of carbonyl (C=O) groups is 8. The minimum atomic E-state index is -2.35. The number of phenolic OH excluding ortho intramolecular Hbond substituents is 3. The fourth-order valence-electron chi connectivity index (χ4n) is 12.5.